The van der Waals surface area contributed by atoms with Crippen LogP contribution in [-0.4, -0.2) is 12.8 Å². The summed E-state index contributed by atoms with van der Waals surface area (Å²) in [6.45, 7) is 22.4. The standard InChI is InChI=1S/C29H38N2/c1-9-31-28-17-13-12-16-27(28)24(5)26-15-11-10-14-25(26)23(4)21(2)18-19-30-20-22(3)29(6,7)8/h10-21,24,31H,3-4,9H2,1-2,5-8H3/b19-18-,30-20-. The maximum absolute atomic E-state index is 4.44. The van der Waals surface area contributed by atoms with Crippen molar-refractivity contribution in [2.24, 2.45) is 16.3 Å². The van der Waals surface area contributed by atoms with Gasteiger partial charge in [-0.15, -0.1) is 0 Å². The molecule has 0 aliphatic rings. The van der Waals surface area contributed by atoms with Crippen LogP contribution in [0.25, 0.3) is 5.57 Å². The van der Waals surface area contributed by atoms with Gasteiger partial charge in [0, 0.05) is 36.5 Å². The van der Waals surface area contributed by atoms with Crippen LogP contribution in [0, 0.1) is 11.3 Å². The van der Waals surface area contributed by atoms with E-state index < -0.39 is 0 Å². The van der Waals surface area contributed by atoms with Gasteiger partial charge < -0.3 is 5.32 Å². The summed E-state index contributed by atoms with van der Waals surface area (Å²) in [6.07, 6.45) is 5.81. The molecule has 0 aromatic heterocycles. The lowest BCUT2D eigenvalue weighted by atomic mass is 9.84. The smallest absolute Gasteiger partial charge is 0.0378 e. The predicted octanol–water partition coefficient (Wildman–Crippen LogP) is 8.11. The normalized spacial score (nSPS) is 14.0. The first-order chi connectivity index (χ1) is 14.7. The second-order valence-electron chi connectivity index (χ2n) is 9.14. The van der Waals surface area contributed by atoms with Gasteiger partial charge in [0.25, 0.3) is 0 Å². The van der Waals surface area contributed by atoms with E-state index in [0.29, 0.717) is 0 Å². The van der Waals surface area contributed by atoms with Crippen LogP contribution < -0.4 is 5.32 Å². The molecule has 0 saturated heterocycles. The molecular weight excluding hydrogens is 376 g/mol. The highest BCUT2D eigenvalue weighted by molar-refractivity contribution is 5.79. The Morgan fingerprint density at radius 3 is 2.26 bits per heavy atom. The Morgan fingerprint density at radius 2 is 1.61 bits per heavy atom. The number of hydrogen-bond donors (Lipinski definition) is 1. The van der Waals surface area contributed by atoms with E-state index in [4.69, 9.17) is 0 Å². The van der Waals surface area contributed by atoms with Crippen molar-refractivity contribution in [2.75, 3.05) is 11.9 Å². The average molecular weight is 415 g/mol. The molecule has 0 amide bonds. The first kappa shape index (κ1) is 24.4. The van der Waals surface area contributed by atoms with Gasteiger partial charge in [-0.1, -0.05) is 96.3 Å². The van der Waals surface area contributed by atoms with Gasteiger partial charge in [0.05, 0.1) is 0 Å². The Morgan fingerprint density at radius 1 is 1.00 bits per heavy atom. The third kappa shape index (κ3) is 6.55. The van der Waals surface area contributed by atoms with Crippen LogP contribution in [-0.2, 0) is 0 Å². The zero-order valence-electron chi connectivity index (χ0n) is 20.1. The molecular formula is C29H38N2. The summed E-state index contributed by atoms with van der Waals surface area (Å²) in [4.78, 5) is 4.44. The second kappa shape index (κ2) is 10.9. The predicted molar refractivity (Wildman–Crippen MR) is 139 cm³/mol. The van der Waals surface area contributed by atoms with Gasteiger partial charge >= 0.3 is 0 Å². The van der Waals surface area contributed by atoms with Crippen LogP contribution in [0.15, 0.2) is 84.5 Å². The lowest BCUT2D eigenvalue weighted by molar-refractivity contribution is 0.528. The zero-order chi connectivity index (χ0) is 23.0. The van der Waals surface area contributed by atoms with E-state index in [0.717, 1.165) is 17.7 Å². The fourth-order valence-corrected chi connectivity index (χ4v) is 3.43. The minimum Gasteiger partial charge on any atom is -0.385 e. The Labute approximate surface area is 189 Å². The maximum Gasteiger partial charge on any atom is 0.0378 e. The van der Waals surface area contributed by atoms with Gasteiger partial charge in [0.2, 0.25) is 0 Å². The van der Waals surface area contributed by atoms with E-state index in [-0.39, 0.29) is 17.3 Å². The second-order valence-corrected chi connectivity index (χ2v) is 9.14. The molecule has 2 atom stereocenters. The van der Waals surface area contributed by atoms with E-state index in [2.05, 4.69) is 120 Å². The van der Waals surface area contributed by atoms with Crippen molar-refractivity contribution < 1.29 is 0 Å². The number of hydrogen-bond acceptors (Lipinski definition) is 2. The molecule has 2 unspecified atom stereocenters. The van der Waals surface area contributed by atoms with Crippen LogP contribution in [0.2, 0.25) is 0 Å². The molecule has 31 heavy (non-hydrogen) atoms. The summed E-state index contributed by atoms with van der Waals surface area (Å²) in [7, 11) is 0. The first-order valence-corrected chi connectivity index (χ1v) is 11.2. The van der Waals surface area contributed by atoms with Crippen molar-refractivity contribution in [2.45, 2.75) is 47.5 Å². The largest absolute Gasteiger partial charge is 0.385 e. The lowest BCUT2D eigenvalue weighted by Gasteiger charge is -2.22. The number of allylic oxidation sites excluding steroid dienone is 3. The lowest BCUT2D eigenvalue weighted by Crippen LogP contribution is -2.08. The number of rotatable bonds is 9. The molecule has 0 spiro atoms. The Balaban J connectivity index is 2.25. The minimum absolute atomic E-state index is 0.0323. The fraction of sp³-hybridized carbons (Fsp3) is 0.345. The number of nitrogens with zero attached hydrogens (tertiary/aromatic N) is 1. The Bertz CT molecular complexity index is 957. The summed E-state index contributed by atoms with van der Waals surface area (Å²) in [5, 5.41) is 3.50. The first-order valence-electron chi connectivity index (χ1n) is 11.2. The van der Waals surface area contributed by atoms with Gasteiger partial charge in [0.1, 0.15) is 0 Å². The van der Waals surface area contributed by atoms with Crippen molar-refractivity contribution in [1.29, 1.82) is 0 Å². The SMILES string of the molecule is C=C(c1ccccc1C(C)c1ccccc1NCC)C(C)/C=C\N=C/C(=C)C(C)(C)C. The molecule has 2 aromatic carbocycles. The molecule has 0 saturated carbocycles. The molecule has 164 valence electrons. The number of benzene rings is 2. The van der Waals surface area contributed by atoms with Crippen LogP contribution in [0.3, 0.4) is 0 Å². The van der Waals surface area contributed by atoms with E-state index in [1.54, 1.807) is 0 Å². The molecule has 0 aliphatic carbocycles. The van der Waals surface area contributed by atoms with E-state index in [9.17, 15) is 0 Å². The van der Waals surface area contributed by atoms with E-state index >= 15 is 0 Å². The summed E-state index contributed by atoms with van der Waals surface area (Å²) < 4.78 is 0. The van der Waals surface area contributed by atoms with Crippen molar-refractivity contribution in [1.82, 2.24) is 0 Å². The maximum atomic E-state index is 4.44. The average Bonchev–Trinajstić information content (AvgIpc) is 2.75. The molecule has 0 fully saturated rings. The molecule has 2 rings (SSSR count). The molecule has 0 aliphatic heterocycles. The summed E-state index contributed by atoms with van der Waals surface area (Å²) in [6, 6.07) is 17.2. The van der Waals surface area contributed by atoms with Crippen molar-refractivity contribution in [3.63, 3.8) is 0 Å². The molecule has 2 nitrogen and oxygen atoms in total. The molecule has 2 aromatic rings. The highest BCUT2D eigenvalue weighted by Crippen LogP contribution is 2.36. The van der Waals surface area contributed by atoms with E-state index in [1.165, 1.54) is 22.4 Å². The minimum atomic E-state index is 0.0323. The highest BCUT2D eigenvalue weighted by Gasteiger charge is 2.18. The number of anilines is 1. The number of nitrogens with one attached hydrogen (secondary N) is 1. The van der Waals surface area contributed by atoms with Gasteiger partial charge in [0.15, 0.2) is 0 Å². The molecule has 2 heteroatoms. The molecule has 0 bridgehead atoms. The molecule has 0 heterocycles. The summed E-state index contributed by atoms with van der Waals surface area (Å²) in [5.41, 5.74) is 7.15. The van der Waals surface area contributed by atoms with Crippen molar-refractivity contribution in [3.05, 3.63) is 96.2 Å². The monoisotopic (exact) mass is 414 g/mol. The summed E-state index contributed by atoms with van der Waals surface area (Å²) in [5.74, 6) is 0.435. The topological polar surface area (TPSA) is 24.4 Å². The Hall–Kier alpha value is -2.87. The Kier molecular flexibility index (Phi) is 8.62. The summed E-state index contributed by atoms with van der Waals surface area (Å²) >= 11 is 0. The quantitative estimate of drug-likeness (QED) is 0.412. The van der Waals surface area contributed by atoms with Gasteiger partial charge in [-0.25, -0.2) is 0 Å². The van der Waals surface area contributed by atoms with Gasteiger partial charge in [-0.2, -0.15) is 0 Å². The van der Waals surface area contributed by atoms with Crippen LogP contribution in [0.4, 0.5) is 5.69 Å². The van der Waals surface area contributed by atoms with Gasteiger partial charge in [-0.05, 0) is 46.2 Å². The van der Waals surface area contributed by atoms with Crippen LogP contribution >= 0.6 is 0 Å². The van der Waals surface area contributed by atoms with Crippen molar-refractivity contribution in [3.8, 4) is 0 Å². The van der Waals surface area contributed by atoms with Crippen LogP contribution in [0.5, 0.6) is 0 Å². The van der Waals surface area contributed by atoms with Gasteiger partial charge in [-0.3, -0.25) is 4.99 Å². The zero-order valence-corrected chi connectivity index (χ0v) is 20.1. The number of para-hydroxylation sites is 1. The third-order valence-electron chi connectivity index (χ3n) is 5.77. The van der Waals surface area contributed by atoms with Crippen LogP contribution in [0.1, 0.15) is 64.2 Å². The third-order valence-corrected chi connectivity index (χ3v) is 5.77. The molecule has 0 radical (unpaired) electrons. The highest BCUT2D eigenvalue weighted by atomic mass is 14.9. The van der Waals surface area contributed by atoms with Crippen molar-refractivity contribution >= 4 is 17.5 Å². The van der Waals surface area contributed by atoms with E-state index in [1.807, 2.05) is 12.4 Å². The molecule has 1 N–H and O–H groups in total. The fourth-order valence-electron chi connectivity index (χ4n) is 3.43. The number of aliphatic imine (C=N–C) groups is 1.